The first-order valence-corrected chi connectivity index (χ1v) is 5.52. The van der Waals surface area contributed by atoms with Gasteiger partial charge in [-0.2, -0.15) is 0 Å². The van der Waals surface area contributed by atoms with Crippen LogP contribution in [0.5, 0.6) is 0 Å². The number of likely N-dealkylation sites (tertiary alicyclic amines) is 1. The van der Waals surface area contributed by atoms with Gasteiger partial charge in [0, 0.05) is 19.7 Å². The minimum Gasteiger partial charge on any atom is -0.481 e. The van der Waals surface area contributed by atoms with Gasteiger partial charge in [-0.05, 0) is 25.8 Å². The van der Waals surface area contributed by atoms with Crippen LogP contribution >= 0.6 is 0 Å². The fourth-order valence-electron chi connectivity index (χ4n) is 2.13. The molecule has 88 valence electrons. The quantitative estimate of drug-likeness (QED) is 0.745. The van der Waals surface area contributed by atoms with E-state index in [2.05, 4.69) is 4.90 Å². The van der Waals surface area contributed by atoms with Crippen molar-refractivity contribution in [3.63, 3.8) is 0 Å². The maximum atomic E-state index is 10.9. The number of aliphatic carboxylic acids is 1. The predicted octanol–water partition coefficient (Wildman–Crippen LogP) is 1.06. The summed E-state index contributed by atoms with van der Waals surface area (Å²) in [6.07, 6.45) is 1.12. The Bertz CT molecular complexity index is 220. The molecule has 0 aromatic rings. The molecule has 0 aromatic heterocycles. The molecule has 4 nitrogen and oxygen atoms in total. The lowest BCUT2D eigenvalue weighted by molar-refractivity contribution is -0.143. The van der Waals surface area contributed by atoms with Crippen LogP contribution in [0.2, 0.25) is 0 Å². The number of carboxylic acids is 1. The summed E-state index contributed by atoms with van der Waals surface area (Å²) in [5, 5.41) is 8.93. The van der Waals surface area contributed by atoms with Crippen molar-refractivity contribution in [1.29, 1.82) is 0 Å². The first-order valence-electron chi connectivity index (χ1n) is 5.52. The molecule has 15 heavy (non-hydrogen) atoms. The summed E-state index contributed by atoms with van der Waals surface area (Å²) >= 11 is 0. The van der Waals surface area contributed by atoms with Gasteiger partial charge in [-0.15, -0.1) is 0 Å². The van der Waals surface area contributed by atoms with Gasteiger partial charge in [-0.3, -0.25) is 9.69 Å². The molecule has 4 heteroatoms. The van der Waals surface area contributed by atoms with E-state index in [1.165, 1.54) is 0 Å². The number of carboxylic acid groups (broad SMARTS) is 1. The summed E-state index contributed by atoms with van der Waals surface area (Å²) in [7, 11) is 1.71. The molecule has 0 spiro atoms. The van der Waals surface area contributed by atoms with Gasteiger partial charge in [0.2, 0.25) is 0 Å². The lowest BCUT2D eigenvalue weighted by Gasteiger charge is -2.27. The molecular formula is C11H21NO3. The van der Waals surface area contributed by atoms with Gasteiger partial charge in [0.15, 0.2) is 0 Å². The standard InChI is InChI=1S/C11H21NO3/c1-8(11(13)14)9(2)12-5-4-10(6-12)7-15-3/h8-10H,4-7H2,1-3H3,(H,13,14). The molecule has 0 radical (unpaired) electrons. The largest absolute Gasteiger partial charge is 0.481 e. The lowest BCUT2D eigenvalue weighted by atomic mass is 10.0. The molecule has 1 fully saturated rings. The van der Waals surface area contributed by atoms with Crippen molar-refractivity contribution in [2.75, 3.05) is 26.8 Å². The van der Waals surface area contributed by atoms with Crippen molar-refractivity contribution in [3.05, 3.63) is 0 Å². The molecule has 0 bridgehead atoms. The highest BCUT2D eigenvalue weighted by Gasteiger charge is 2.31. The first kappa shape index (κ1) is 12.5. The van der Waals surface area contributed by atoms with E-state index < -0.39 is 5.97 Å². The van der Waals surface area contributed by atoms with Crippen molar-refractivity contribution >= 4 is 5.97 Å². The monoisotopic (exact) mass is 215 g/mol. The number of methoxy groups -OCH3 is 1. The third kappa shape index (κ3) is 3.18. The van der Waals surface area contributed by atoms with Crippen LogP contribution in [0.4, 0.5) is 0 Å². The molecule has 0 amide bonds. The number of nitrogens with zero attached hydrogens (tertiary/aromatic N) is 1. The van der Waals surface area contributed by atoms with Crippen LogP contribution in [-0.2, 0) is 9.53 Å². The van der Waals surface area contributed by atoms with Crippen LogP contribution in [0, 0.1) is 11.8 Å². The Balaban J connectivity index is 2.42. The van der Waals surface area contributed by atoms with Crippen LogP contribution < -0.4 is 0 Å². The van der Waals surface area contributed by atoms with Crippen LogP contribution in [0.3, 0.4) is 0 Å². The summed E-state index contributed by atoms with van der Waals surface area (Å²) in [5.41, 5.74) is 0. The van der Waals surface area contributed by atoms with Crippen molar-refractivity contribution in [1.82, 2.24) is 4.90 Å². The summed E-state index contributed by atoms with van der Waals surface area (Å²) < 4.78 is 5.12. The molecule has 0 aliphatic carbocycles. The molecule has 1 heterocycles. The Labute approximate surface area is 91.2 Å². The van der Waals surface area contributed by atoms with E-state index in [1.54, 1.807) is 14.0 Å². The van der Waals surface area contributed by atoms with Crippen molar-refractivity contribution in [2.24, 2.45) is 11.8 Å². The maximum absolute atomic E-state index is 10.9. The van der Waals surface area contributed by atoms with Crippen molar-refractivity contribution < 1.29 is 14.6 Å². The highest BCUT2D eigenvalue weighted by molar-refractivity contribution is 5.70. The average molecular weight is 215 g/mol. The van der Waals surface area contributed by atoms with Crippen LogP contribution in [0.1, 0.15) is 20.3 Å². The van der Waals surface area contributed by atoms with Gasteiger partial charge < -0.3 is 9.84 Å². The van der Waals surface area contributed by atoms with E-state index in [4.69, 9.17) is 9.84 Å². The third-order valence-electron chi connectivity index (χ3n) is 3.41. The number of rotatable bonds is 5. The molecule has 3 unspecified atom stereocenters. The molecule has 1 rings (SSSR count). The van der Waals surface area contributed by atoms with E-state index in [0.717, 1.165) is 26.1 Å². The van der Waals surface area contributed by atoms with Gasteiger partial charge in [0.05, 0.1) is 12.5 Å². The smallest absolute Gasteiger partial charge is 0.307 e. The number of ether oxygens (including phenoxy) is 1. The molecule has 1 N–H and O–H groups in total. The number of hydrogen-bond donors (Lipinski definition) is 1. The zero-order valence-electron chi connectivity index (χ0n) is 9.77. The second kappa shape index (κ2) is 5.47. The molecule has 0 aromatic carbocycles. The zero-order valence-corrected chi connectivity index (χ0v) is 9.77. The lowest BCUT2D eigenvalue weighted by Crippen LogP contribution is -2.39. The highest BCUT2D eigenvalue weighted by Crippen LogP contribution is 2.22. The van der Waals surface area contributed by atoms with E-state index in [9.17, 15) is 4.79 Å². The third-order valence-corrected chi connectivity index (χ3v) is 3.41. The predicted molar refractivity (Wildman–Crippen MR) is 57.8 cm³/mol. The van der Waals surface area contributed by atoms with Gasteiger partial charge in [-0.25, -0.2) is 0 Å². The van der Waals surface area contributed by atoms with Crippen molar-refractivity contribution in [2.45, 2.75) is 26.3 Å². The van der Waals surface area contributed by atoms with Crippen LogP contribution in [0.15, 0.2) is 0 Å². The topological polar surface area (TPSA) is 49.8 Å². The molecule has 1 aliphatic heterocycles. The summed E-state index contributed by atoms with van der Waals surface area (Å²) in [4.78, 5) is 13.1. The Hall–Kier alpha value is -0.610. The highest BCUT2D eigenvalue weighted by atomic mass is 16.5. The minimum absolute atomic E-state index is 0.115. The minimum atomic E-state index is -0.710. The van der Waals surface area contributed by atoms with E-state index in [1.807, 2.05) is 6.92 Å². The van der Waals surface area contributed by atoms with Gasteiger partial charge in [-0.1, -0.05) is 6.92 Å². The normalized spacial score (nSPS) is 26.5. The fourth-order valence-corrected chi connectivity index (χ4v) is 2.13. The van der Waals surface area contributed by atoms with E-state index in [0.29, 0.717) is 5.92 Å². The van der Waals surface area contributed by atoms with E-state index in [-0.39, 0.29) is 12.0 Å². The van der Waals surface area contributed by atoms with Gasteiger partial charge in [0.1, 0.15) is 0 Å². The van der Waals surface area contributed by atoms with Crippen molar-refractivity contribution in [3.8, 4) is 0 Å². The summed E-state index contributed by atoms with van der Waals surface area (Å²) in [6, 6.07) is 0.115. The van der Waals surface area contributed by atoms with Crippen LogP contribution in [-0.4, -0.2) is 48.8 Å². The molecular weight excluding hydrogens is 194 g/mol. The zero-order chi connectivity index (χ0) is 11.4. The first-order chi connectivity index (χ1) is 7.06. The molecule has 0 saturated carbocycles. The maximum Gasteiger partial charge on any atom is 0.307 e. The average Bonchev–Trinajstić information content (AvgIpc) is 2.64. The van der Waals surface area contributed by atoms with Gasteiger partial charge >= 0.3 is 5.97 Å². The molecule has 1 aliphatic rings. The number of hydrogen-bond acceptors (Lipinski definition) is 3. The second-order valence-electron chi connectivity index (χ2n) is 4.47. The van der Waals surface area contributed by atoms with E-state index >= 15 is 0 Å². The van der Waals surface area contributed by atoms with Gasteiger partial charge in [0.25, 0.3) is 0 Å². The molecule has 3 atom stereocenters. The summed E-state index contributed by atoms with van der Waals surface area (Å²) in [5.74, 6) is -0.442. The Morgan fingerprint density at radius 1 is 1.60 bits per heavy atom. The molecule has 1 saturated heterocycles. The second-order valence-corrected chi connectivity index (χ2v) is 4.47. The fraction of sp³-hybridized carbons (Fsp3) is 0.909. The Morgan fingerprint density at radius 3 is 2.80 bits per heavy atom. The Morgan fingerprint density at radius 2 is 2.27 bits per heavy atom. The number of carbonyl (C=O) groups is 1. The Kier molecular flexibility index (Phi) is 4.54. The summed E-state index contributed by atoms with van der Waals surface area (Å²) in [6.45, 7) is 6.51. The SMILES string of the molecule is COCC1CCN(C(C)C(C)C(=O)O)C1. The van der Waals surface area contributed by atoms with Crippen LogP contribution in [0.25, 0.3) is 0 Å².